The highest BCUT2D eigenvalue weighted by Gasteiger charge is 2.45. The van der Waals surface area contributed by atoms with Gasteiger partial charge in [0.05, 0.1) is 23.6 Å². The molecular formula is C14H11Cl2NO2S2. The van der Waals surface area contributed by atoms with Crippen LogP contribution in [0.2, 0.25) is 10.0 Å². The first kappa shape index (κ1) is 15.2. The second-order valence-electron chi connectivity index (χ2n) is 4.66. The third-order valence-electron chi connectivity index (χ3n) is 3.32. The van der Waals surface area contributed by atoms with E-state index in [9.17, 15) is 5.11 Å². The highest BCUT2D eigenvalue weighted by molar-refractivity contribution is 8.23. The molecule has 2 aromatic rings. The van der Waals surface area contributed by atoms with Gasteiger partial charge >= 0.3 is 0 Å². The van der Waals surface area contributed by atoms with Crippen molar-refractivity contribution < 1.29 is 9.52 Å². The van der Waals surface area contributed by atoms with Gasteiger partial charge in [-0.15, -0.1) is 0 Å². The van der Waals surface area contributed by atoms with Crippen LogP contribution >= 0.6 is 47.2 Å². The van der Waals surface area contributed by atoms with E-state index in [1.807, 2.05) is 6.07 Å². The summed E-state index contributed by atoms with van der Waals surface area (Å²) >= 11 is 18.9. The lowest BCUT2D eigenvalue weighted by Crippen LogP contribution is -2.44. The summed E-state index contributed by atoms with van der Waals surface area (Å²) in [5.74, 6) is 1.14. The molecule has 1 fully saturated rings. The van der Waals surface area contributed by atoms with Gasteiger partial charge in [-0.3, -0.25) is 0 Å². The molecule has 1 N–H and O–H groups in total. The minimum absolute atomic E-state index is 0.383. The van der Waals surface area contributed by atoms with Crippen molar-refractivity contribution in [2.45, 2.75) is 12.3 Å². The minimum atomic E-state index is -1.27. The Kier molecular flexibility index (Phi) is 4.21. The molecule has 3 rings (SSSR count). The van der Waals surface area contributed by atoms with Crippen LogP contribution in [-0.4, -0.2) is 20.1 Å². The molecule has 0 saturated carbocycles. The first-order chi connectivity index (χ1) is 10.0. The van der Waals surface area contributed by atoms with Crippen molar-refractivity contribution in [1.29, 1.82) is 0 Å². The van der Waals surface area contributed by atoms with Gasteiger partial charge in [0.2, 0.25) is 0 Å². The fourth-order valence-electron chi connectivity index (χ4n) is 2.26. The number of hydrogen-bond acceptors (Lipinski definition) is 4. The number of hydrogen-bond donors (Lipinski definition) is 1. The maximum absolute atomic E-state index is 11.1. The lowest BCUT2D eigenvalue weighted by atomic mass is 10.0. The van der Waals surface area contributed by atoms with Gasteiger partial charge in [-0.1, -0.05) is 53.2 Å². The Morgan fingerprint density at radius 3 is 2.86 bits per heavy atom. The van der Waals surface area contributed by atoms with E-state index in [0.717, 1.165) is 5.76 Å². The first-order valence-corrected chi connectivity index (χ1v) is 8.30. The standard InChI is InChI=1S/C14H11Cl2NO2S2/c15-9-3-4-11(12(16)6-9)14(18)8-21-13(20)17(14)7-10-2-1-5-19-10/h1-6,18H,7-8H2/t14-/m0/s1. The van der Waals surface area contributed by atoms with Crippen LogP contribution in [0.15, 0.2) is 41.0 Å². The molecule has 0 amide bonds. The largest absolute Gasteiger partial charge is 0.467 e. The first-order valence-electron chi connectivity index (χ1n) is 6.15. The van der Waals surface area contributed by atoms with Crippen LogP contribution in [0.1, 0.15) is 11.3 Å². The molecule has 1 aromatic heterocycles. The smallest absolute Gasteiger partial charge is 0.176 e. The van der Waals surface area contributed by atoms with Gasteiger partial charge in [-0.2, -0.15) is 0 Å². The molecule has 110 valence electrons. The number of thioether (sulfide) groups is 1. The molecule has 1 atom stereocenters. The zero-order chi connectivity index (χ0) is 15.0. The summed E-state index contributed by atoms with van der Waals surface area (Å²) in [5.41, 5.74) is -0.677. The number of aliphatic hydroxyl groups is 1. The Labute approximate surface area is 141 Å². The Bertz CT molecular complexity index is 678. The van der Waals surface area contributed by atoms with E-state index in [-0.39, 0.29) is 0 Å². The van der Waals surface area contributed by atoms with Gasteiger partial charge in [0.1, 0.15) is 10.1 Å². The van der Waals surface area contributed by atoms with Crippen LogP contribution in [0.5, 0.6) is 0 Å². The summed E-state index contributed by atoms with van der Waals surface area (Å²) in [6, 6.07) is 8.70. The zero-order valence-corrected chi connectivity index (χ0v) is 13.9. The number of rotatable bonds is 3. The van der Waals surface area contributed by atoms with Crippen LogP contribution < -0.4 is 0 Å². The van der Waals surface area contributed by atoms with Crippen molar-refractivity contribution in [3.63, 3.8) is 0 Å². The van der Waals surface area contributed by atoms with E-state index in [1.54, 1.807) is 35.4 Å². The lowest BCUT2D eigenvalue weighted by molar-refractivity contribution is -0.0531. The Hall–Kier alpha value is -0.720. The van der Waals surface area contributed by atoms with Crippen molar-refractivity contribution in [3.8, 4) is 0 Å². The number of halogens is 2. The monoisotopic (exact) mass is 359 g/mol. The maximum Gasteiger partial charge on any atom is 0.176 e. The summed E-state index contributed by atoms with van der Waals surface area (Å²) in [5, 5.41) is 12.1. The molecular weight excluding hydrogens is 349 g/mol. The summed E-state index contributed by atoms with van der Waals surface area (Å²) in [6.07, 6.45) is 1.59. The quantitative estimate of drug-likeness (QED) is 0.828. The molecule has 1 aliphatic rings. The summed E-state index contributed by atoms with van der Waals surface area (Å²) in [4.78, 5) is 1.72. The van der Waals surface area contributed by atoms with Crippen molar-refractivity contribution in [2.75, 3.05) is 5.75 Å². The molecule has 0 spiro atoms. The maximum atomic E-state index is 11.1. The van der Waals surface area contributed by atoms with E-state index in [1.165, 1.54) is 11.8 Å². The average molecular weight is 360 g/mol. The topological polar surface area (TPSA) is 36.6 Å². The molecule has 2 heterocycles. The van der Waals surface area contributed by atoms with Gasteiger partial charge in [-0.05, 0) is 24.3 Å². The molecule has 3 nitrogen and oxygen atoms in total. The molecule has 1 saturated heterocycles. The second-order valence-corrected chi connectivity index (χ2v) is 7.11. The third-order valence-corrected chi connectivity index (χ3v) is 5.46. The van der Waals surface area contributed by atoms with E-state index in [2.05, 4.69) is 0 Å². The molecule has 1 aliphatic heterocycles. The van der Waals surface area contributed by atoms with Gasteiger partial charge < -0.3 is 14.4 Å². The number of benzene rings is 1. The zero-order valence-electron chi connectivity index (χ0n) is 10.8. The highest BCUT2D eigenvalue weighted by atomic mass is 35.5. The van der Waals surface area contributed by atoms with Crippen LogP contribution in [0.3, 0.4) is 0 Å². The van der Waals surface area contributed by atoms with E-state index >= 15 is 0 Å². The van der Waals surface area contributed by atoms with Crippen molar-refractivity contribution in [1.82, 2.24) is 4.90 Å². The normalized spacial score (nSPS) is 22.0. The average Bonchev–Trinajstić information content (AvgIpc) is 3.03. The molecule has 0 radical (unpaired) electrons. The van der Waals surface area contributed by atoms with Crippen LogP contribution in [0, 0.1) is 0 Å². The Morgan fingerprint density at radius 1 is 1.38 bits per heavy atom. The van der Waals surface area contributed by atoms with Gasteiger partial charge in [0.25, 0.3) is 0 Å². The lowest BCUT2D eigenvalue weighted by Gasteiger charge is -2.34. The summed E-state index contributed by atoms with van der Waals surface area (Å²) < 4.78 is 5.96. The number of thiocarbonyl (C=S) groups is 1. The van der Waals surface area contributed by atoms with Gasteiger partial charge in [0, 0.05) is 10.6 Å². The van der Waals surface area contributed by atoms with Crippen molar-refractivity contribution in [3.05, 3.63) is 58.0 Å². The predicted molar refractivity (Wildman–Crippen MR) is 89.7 cm³/mol. The molecule has 0 unspecified atom stereocenters. The van der Waals surface area contributed by atoms with E-state index in [0.29, 0.717) is 32.2 Å². The Balaban J connectivity index is 1.99. The molecule has 21 heavy (non-hydrogen) atoms. The van der Waals surface area contributed by atoms with Crippen LogP contribution in [-0.2, 0) is 12.3 Å². The number of nitrogens with zero attached hydrogens (tertiary/aromatic N) is 1. The summed E-state index contributed by atoms with van der Waals surface area (Å²) in [7, 11) is 0. The third kappa shape index (κ3) is 2.81. The SMILES string of the molecule is O[C@]1(c2ccc(Cl)cc2Cl)CSC(=S)N1Cc1ccco1. The van der Waals surface area contributed by atoms with Crippen LogP contribution in [0.4, 0.5) is 0 Å². The van der Waals surface area contributed by atoms with Gasteiger partial charge in [-0.25, -0.2) is 0 Å². The highest BCUT2D eigenvalue weighted by Crippen LogP contribution is 2.43. The predicted octanol–water partition coefficient (Wildman–Crippen LogP) is 4.27. The Morgan fingerprint density at radius 2 is 2.19 bits per heavy atom. The summed E-state index contributed by atoms with van der Waals surface area (Å²) in [6.45, 7) is 0.383. The second kappa shape index (κ2) is 5.82. The van der Waals surface area contributed by atoms with Crippen molar-refractivity contribution >= 4 is 51.5 Å². The number of furan rings is 1. The van der Waals surface area contributed by atoms with Gasteiger partial charge in [0.15, 0.2) is 5.72 Å². The van der Waals surface area contributed by atoms with E-state index < -0.39 is 5.72 Å². The fourth-order valence-corrected chi connectivity index (χ4v) is 4.22. The minimum Gasteiger partial charge on any atom is -0.467 e. The molecule has 7 heteroatoms. The van der Waals surface area contributed by atoms with Crippen LogP contribution in [0.25, 0.3) is 0 Å². The molecule has 0 bridgehead atoms. The fraction of sp³-hybridized carbons (Fsp3) is 0.214. The van der Waals surface area contributed by atoms with E-state index in [4.69, 9.17) is 39.8 Å². The molecule has 1 aromatic carbocycles. The molecule has 0 aliphatic carbocycles. The van der Waals surface area contributed by atoms with Crippen molar-refractivity contribution in [2.24, 2.45) is 0 Å².